The fraction of sp³-hybridized carbons (Fsp3) is 0.294. The molecule has 0 aliphatic heterocycles. The number of rotatable bonds is 6. The highest BCUT2D eigenvalue weighted by Crippen LogP contribution is 2.20. The van der Waals surface area contributed by atoms with Gasteiger partial charge in [0.05, 0.1) is 17.6 Å². The van der Waals surface area contributed by atoms with Crippen molar-refractivity contribution in [3.63, 3.8) is 0 Å². The Kier molecular flexibility index (Phi) is 5.25. The first-order chi connectivity index (χ1) is 12.0. The maximum absolute atomic E-state index is 12.2. The predicted octanol–water partition coefficient (Wildman–Crippen LogP) is 2.70. The molecule has 0 spiro atoms. The van der Waals surface area contributed by atoms with Crippen molar-refractivity contribution in [2.45, 2.75) is 19.9 Å². The van der Waals surface area contributed by atoms with E-state index in [2.05, 4.69) is 39.7 Å². The molecule has 0 aromatic carbocycles. The summed E-state index contributed by atoms with van der Waals surface area (Å²) in [6, 6.07) is 8.96. The molecular formula is C17H19ClN6O. The van der Waals surface area contributed by atoms with E-state index in [0.29, 0.717) is 10.8 Å². The minimum atomic E-state index is -0.186. The normalized spacial score (nSPS) is 12.5. The third-order valence-corrected chi connectivity index (χ3v) is 3.99. The quantitative estimate of drug-likeness (QED) is 0.707. The van der Waals surface area contributed by atoms with Gasteiger partial charge in [-0.2, -0.15) is 0 Å². The third kappa shape index (κ3) is 4.12. The number of nitrogens with zero attached hydrogens (tertiary/aromatic N) is 4. The van der Waals surface area contributed by atoms with E-state index >= 15 is 0 Å². The lowest BCUT2D eigenvalue weighted by molar-refractivity contribution is -0.115. The largest absolute Gasteiger partial charge is 0.310 e. The molecule has 3 rings (SSSR count). The summed E-state index contributed by atoms with van der Waals surface area (Å²) in [7, 11) is 0. The second kappa shape index (κ2) is 7.58. The monoisotopic (exact) mass is 358 g/mol. The molecule has 1 atom stereocenters. The standard InChI is InChI=1S/C17H19ClN6O/c1-11(2)16(17-23-22-14-5-3-4-8-24(14)17)20-10-15(25)21-13-7-6-12(18)9-19-13/h3-9,11,16,20H,10H2,1-2H3,(H,19,21,25)/t16-/m1/s1. The van der Waals surface area contributed by atoms with Crippen LogP contribution in [0.2, 0.25) is 5.02 Å². The summed E-state index contributed by atoms with van der Waals surface area (Å²) in [5, 5.41) is 15.0. The van der Waals surface area contributed by atoms with Crippen molar-refractivity contribution in [1.82, 2.24) is 24.9 Å². The van der Waals surface area contributed by atoms with Gasteiger partial charge in [0.25, 0.3) is 0 Å². The van der Waals surface area contributed by atoms with Crippen LogP contribution in [0.25, 0.3) is 5.65 Å². The maximum Gasteiger partial charge on any atom is 0.239 e. The van der Waals surface area contributed by atoms with E-state index in [9.17, 15) is 4.79 Å². The Morgan fingerprint density at radius 3 is 2.80 bits per heavy atom. The summed E-state index contributed by atoms with van der Waals surface area (Å²) in [5.74, 6) is 1.29. The molecule has 0 aliphatic carbocycles. The Balaban J connectivity index is 1.68. The van der Waals surface area contributed by atoms with Crippen LogP contribution in [0.4, 0.5) is 5.82 Å². The van der Waals surface area contributed by atoms with Crippen LogP contribution in [0.15, 0.2) is 42.7 Å². The highest BCUT2D eigenvalue weighted by Gasteiger charge is 2.22. The Morgan fingerprint density at radius 2 is 2.08 bits per heavy atom. The van der Waals surface area contributed by atoms with Gasteiger partial charge in [0.2, 0.25) is 5.91 Å². The lowest BCUT2D eigenvalue weighted by Gasteiger charge is -2.20. The van der Waals surface area contributed by atoms with Crippen molar-refractivity contribution >= 4 is 29.0 Å². The van der Waals surface area contributed by atoms with Gasteiger partial charge >= 0.3 is 0 Å². The van der Waals surface area contributed by atoms with E-state index in [1.807, 2.05) is 28.8 Å². The molecule has 3 aromatic heterocycles. The number of fused-ring (bicyclic) bond motifs is 1. The van der Waals surface area contributed by atoms with Crippen LogP contribution in [0.1, 0.15) is 25.7 Å². The number of aromatic nitrogens is 4. The molecule has 0 unspecified atom stereocenters. The van der Waals surface area contributed by atoms with Crippen molar-refractivity contribution < 1.29 is 4.79 Å². The van der Waals surface area contributed by atoms with Gasteiger partial charge in [0, 0.05) is 12.4 Å². The Hall–Kier alpha value is -2.51. The summed E-state index contributed by atoms with van der Waals surface area (Å²) in [6.45, 7) is 4.27. The average Bonchev–Trinajstić information content (AvgIpc) is 3.01. The van der Waals surface area contributed by atoms with Gasteiger partial charge in [0.1, 0.15) is 5.82 Å². The molecule has 0 aliphatic rings. The summed E-state index contributed by atoms with van der Waals surface area (Å²) in [4.78, 5) is 16.2. The first kappa shape index (κ1) is 17.3. The number of hydrogen-bond donors (Lipinski definition) is 2. The fourth-order valence-electron chi connectivity index (χ4n) is 2.54. The summed E-state index contributed by atoms with van der Waals surface area (Å²) < 4.78 is 1.93. The Labute approximate surface area is 150 Å². The van der Waals surface area contributed by atoms with Gasteiger partial charge in [-0.3, -0.25) is 14.5 Å². The highest BCUT2D eigenvalue weighted by atomic mass is 35.5. The van der Waals surface area contributed by atoms with Crippen molar-refractivity contribution in [2.24, 2.45) is 5.92 Å². The van der Waals surface area contributed by atoms with Crippen molar-refractivity contribution in [3.05, 3.63) is 53.6 Å². The van der Waals surface area contributed by atoms with E-state index in [4.69, 9.17) is 11.6 Å². The summed E-state index contributed by atoms with van der Waals surface area (Å²) >= 11 is 5.79. The van der Waals surface area contributed by atoms with Crippen LogP contribution < -0.4 is 10.6 Å². The van der Waals surface area contributed by atoms with E-state index in [1.165, 1.54) is 6.20 Å². The van der Waals surface area contributed by atoms with Crippen molar-refractivity contribution in [3.8, 4) is 0 Å². The summed E-state index contributed by atoms with van der Waals surface area (Å²) in [5.41, 5.74) is 0.778. The summed E-state index contributed by atoms with van der Waals surface area (Å²) in [6.07, 6.45) is 3.41. The van der Waals surface area contributed by atoms with Gasteiger partial charge in [-0.1, -0.05) is 31.5 Å². The molecule has 7 nitrogen and oxygen atoms in total. The number of nitrogens with one attached hydrogen (secondary N) is 2. The molecular weight excluding hydrogens is 340 g/mol. The number of pyridine rings is 2. The van der Waals surface area contributed by atoms with Gasteiger partial charge in [-0.05, 0) is 30.2 Å². The molecule has 0 saturated carbocycles. The molecule has 0 saturated heterocycles. The maximum atomic E-state index is 12.2. The minimum absolute atomic E-state index is 0.110. The molecule has 0 fully saturated rings. The molecule has 1 amide bonds. The molecule has 2 N–H and O–H groups in total. The first-order valence-corrected chi connectivity index (χ1v) is 8.37. The van der Waals surface area contributed by atoms with Crippen molar-refractivity contribution in [2.75, 3.05) is 11.9 Å². The topological polar surface area (TPSA) is 84.2 Å². The molecule has 130 valence electrons. The van der Waals surface area contributed by atoms with Crippen molar-refractivity contribution in [1.29, 1.82) is 0 Å². The van der Waals surface area contributed by atoms with E-state index in [1.54, 1.807) is 12.1 Å². The Bertz CT molecular complexity index is 861. The van der Waals surface area contributed by atoms with Gasteiger partial charge in [-0.15, -0.1) is 10.2 Å². The smallest absolute Gasteiger partial charge is 0.239 e. The molecule has 3 heterocycles. The second-order valence-corrected chi connectivity index (χ2v) is 6.44. The van der Waals surface area contributed by atoms with Crippen LogP contribution >= 0.6 is 11.6 Å². The molecule has 3 aromatic rings. The molecule has 8 heteroatoms. The zero-order valence-electron chi connectivity index (χ0n) is 14.0. The lowest BCUT2D eigenvalue weighted by Crippen LogP contribution is -2.34. The van der Waals surface area contributed by atoms with Crippen LogP contribution in [0, 0.1) is 5.92 Å². The Morgan fingerprint density at radius 1 is 1.24 bits per heavy atom. The van der Waals surface area contributed by atoms with Gasteiger partial charge in [0.15, 0.2) is 11.5 Å². The van der Waals surface area contributed by atoms with E-state index in [-0.39, 0.29) is 24.4 Å². The second-order valence-electron chi connectivity index (χ2n) is 6.00. The van der Waals surface area contributed by atoms with Gasteiger partial charge < -0.3 is 5.32 Å². The first-order valence-electron chi connectivity index (χ1n) is 7.99. The molecule has 0 radical (unpaired) electrons. The fourth-order valence-corrected chi connectivity index (χ4v) is 2.65. The number of hydrogen-bond acceptors (Lipinski definition) is 5. The van der Waals surface area contributed by atoms with Crippen LogP contribution in [-0.4, -0.2) is 32.0 Å². The molecule has 25 heavy (non-hydrogen) atoms. The number of anilines is 1. The number of halogens is 1. The SMILES string of the molecule is CC(C)[C@@H](NCC(=O)Nc1ccc(Cl)cn1)c1nnc2ccccn12. The predicted molar refractivity (Wildman–Crippen MR) is 96.4 cm³/mol. The van der Waals surface area contributed by atoms with Gasteiger partial charge in [-0.25, -0.2) is 4.98 Å². The zero-order chi connectivity index (χ0) is 17.8. The number of amides is 1. The van der Waals surface area contributed by atoms with Crippen LogP contribution in [0.3, 0.4) is 0 Å². The van der Waals surface area contributed by atoms with E-state index in [0.717, 1.165) is 11.5 Å². The van der Waals surface area contributed by atoms with Crippen LogP contribution in [-0.2, 0) is 4.79 Å². The van der Waals surface area contributed by atoms with Crippen LogP contribution in [0.5, 0.6) is 0 Å². The zero-order valence-corrected chi connectivity index (χ0v) is 14.7. The minimum Gasteiger partial charge on any atom is -0.310 e. The molecule has 0 bridgehead atoms. The lowest BCUT2D eigenvalue weighted by atomic mass is 10.0. The third-order valence-electron chi connectivity index (χ3n) is 3.76. The van der Waals surface area contributed by atoms with E-state index < -0.39 is 0 Å². The highest BCUT2D eigenvalue weighted by molar-refractivity contribution is 6.30. The average molecular weight is 359 g/mol. The number of carbonyl (C=O) groups is 1. The number of carbonyl (C=O) groups excluding carboxylic acids is 1.